The van der Waals surface area contributed by atoms with Gasteiger partial charge in [0, 0.05) is 0 Å². The second-order valence-corrected chi connectivity index (χ2v) is 3.17. The second-order valence-electron chi connectivity index (χ2n) is 3.17. The molecule has 1 N–H and O–H groups in total. The summed E-state index contributed by atoms with van der Waals surface area (Å²) in [5, 5.41) is 3.20. The minimum absolute atomic E-state index is 0.190. The molecule has 2 heteroatoms. The smallest absolute Gasteiger partial charge is 0.137 e. The third kappa shape index (κ3) is 0.697. The highest BCUT2D eigenvalue weighted by atomic mass is 16.1. The summed E-state index contributed by atoms with van der Waals surface area (Å²) in [6.45, 7) is 1.07. The van der Waals surface area contributed by atoms with Crippen LogP contribution in [-0.4, -0.2) is 18.9 Å². The summed E-state index contributed by atoms with van der Waals surface area (Å²) >= 11 is 0. The lowest BCUT2D eigenvalue weighted by Crippen LogP contribution is -2.54. The summed E-state index contributed by atoms with van der Waals surface area (Å²) in [6, 6.07) is 0.190. The summed E-state index contributed by atoms with van der Waals surface area (Å²) in [7, 11) is 0. The molecule has 2 aliphatic heterocycles. The monoisotopic (exact) mass is 125 g/mol. The summed E-state index contributed by atoms with van der Waals surface area (Å²) in [5.41, 5.74) is 0. The van der Waals surface area contributed by atoms with E-state index in [1.54, 1.807) is 0 Å². The van der Waals surface area contributed by atoms with Crippen LogP contribution in [0.1, 0.15) is 12.8 Å². The highest BCUT2D eigenvalue weighted by Gasteiger charge is 2.39. The number of carbonyl (C=O) groups excluding carboxylic acids is 1. The van der Waals surface area contributed by atoms with E-state index in [0.717, 1.165) is 18.7 Å². The molecule has 0 spiro atoms. The van der Waals surface area contributed by atoms with Gasteiger partial charge in [-0.2, -0.15) is 0 Å². The predicted octanol–water partition coefficient (Wildman–Crippen LogP) is 0.183. The maximum absolute atomic E-state index is 10.3. The molecule has 0 aromatic heterocycles. The molecular formula is C7H11NO. The van der Waals surface area contributed by atoms with Gasteiger partial charge in [-0.05, 0) is 31.2 Å². The molecule has 3 fully saturated rings. The fraction of sp³-hybridized carbons (Fsp3) is 0.857. The Morgan fingerprint density at radius 1 is 1.44 bits per heavy atom. The van der Waals surface area contributed by atoms with Crippen LogP contribution in [0.3, 0.4) is 0 Å². The lowest BCUT2D eigenvalue weighted by molar-refractivity contribution is -0.113. The quantitative estimate of drug-likeness (QED) is 0.507. The van der Waals surface area contributed by atoms with Crippen LogP contribution in [0.4, 0.5) is 0 Å². The van der Waals surface area contributed by atoms with Gasteiger partial charge in [-0.1, -0.05) is 0 Å². The van der Waals surface area contributed by atoms with Gasteiger partial charge in [-0.25, -0.2) is 0 Å². The molecule has 1 atom stereocenters. The molecule has 0 amide bonds. The van der Waals surface area contributed by atoms with Gasteiger partial charge < -0.3 is 10.1 Å². The zero-order valence-corrected chi connectivity index (χ0v) is 5.34. The summed E-state index contributed by atoms with van der Waals surface area (Å²) < 4.78 is 0. The summed E-state index contributed by atoms with van der Waals surface area (Å²) in [5.74, 6) is 1.58. The number of aldehydes is 1. The van der Waals surface area contributed by atoms with Crippen molar-refractivity contribution in [1.29, 1.82) is 0 Å². The Labute approximate surface area is 54.6 Å². The lowest BCUT2D eigenvalue weighted by atomic mass is 9.68. The number of piperidine rings is 2. The van der Waals surface area contributed by atoms with Crippen molar-refractivity contribution in [3.63, 3.8) is 0 Å². The maximum atomic E-state index is 10.3. The molecule has 1 saturated carbocycles. The zero-order valence-electron chi connectivity index (χ0n) is 5.34. The van der Waals surface area contributed by atoms with Crippen molar-refractivity contribution in [3.05, 3.63) is 0 Å². The van der Waals surface area contributed by atoms with Gasteiger partial charge in [0.05, 0.1) is 6.04 Å². The molecule has 3 rings (SSSR count). The molecule has 2 saturated heterocycles. The number of hydrogen-bond acceptors (Lipinski definition) is 2. The van der Waals surface area contributed by atoms with E-state index in [0.29, 0.717) is 5.92 Å². The van der Waals surface area contributed by atoms with E-state index >= 15 is 0 Å². The van der Waals surface area contributed by atoms with Crippen LogP contribution in [0, 0.1) is 11.8 Å². The Kier molecular flexibility index (Phi) is 1.09. The molecule has 0 aromatic carbocycles. The first-order chi connectivity index (χ1) is 4.40. The third-order valence-electron chi connectivity index (χ3n) is 2.57. The number of fused-ring (bicyclic) bond motifs is 2. The van der Waals surface area contributed by atoms with Crippen molar-refractivity contribution in [1.82, 2.24) is 5.32 Å². The van der Waals surface area contributed by atoms with Gasteiger partial charge in [-0.3, -0.25) is 0 Å². The van der Waals surface area contributed by atoms with Crippen molar-refractivity contribution < 1.29 is 4.79 Å². The molecule has 0 aromatic rings. The second kappa shape index (κ2) is 1.81. The number of nitrogens with one attached hydrogen (secondary N) is 1. The lowest BCUT2D eigenvalue weighted by Gasteiger charge is -2.45. The van der Waals surface area contributed by atoms with Crippen molar-refractivity contribution in [3.8, 4) is 0 Å². The van der Waals surface area contributed by atoms with Crippen molar-refractivity contribution in [2.75, 3.05) is 6.54 Å². The van der Waals surface area contributed by atoms with E-state index in [2.05, 4.69) is 5.32 Å². The largest absolute Gasteiger partial charge is 0.307 e. The third-order valence-corrected chi connectivity index (χ3v) is 2.57. The highest BCUT2D eigenvalue weighted by Crippen LogP contribution is 2.38. The van der Waals surface area contributed by atoms with E-state index in [9.17, 15) is 4.79 Å². The van der Waals surface area contributed by atoms with E-state index < -0.39 is 0 Å². The van der Waals surface area contributed by atoms with Gasteiger partial charge in [0.15, 0.2) is 0 Å². The standard InChI is InChI=1S/C7H11NO/c9-4-7-6-1-5(2-6)3-8-7/h4-8H,1-3H2/t5?,6?,7-/m1/s1. The van der Waals surface area contributed by atoms with Gasteiger partial charge in [0.2, 0.25) is 0 Å². The van der Waals surface area contributed by atoms with Gasteiger partial charge in [-0.15, -0.1) is 0 Å². The molecule has 2 bridgehead atoms. The first-order valence-electron chi connectivity index (χ1n) is 3.59. The topological polar surface area (TPSA) is 29.1 Å². The average Bonchev–Trinajstić information content (AvgIpc) is 1.86. The molecule has 0 unspecified atom stereocenters. The van der Waals surface area contributed by atoms with Crippen molar-refractivity contribution in [2.45, 2.75) is 18.9 Å². The van der Waals surface area contributed by atoms with Crippen LogP contribution in [0.25, 0.3) is 0 Å². The first kappa shape index (κ1) is 5.42. The van der Waals surface area contributed by atoms with Gasteiger partial charge >= 0.3 is 0 Å². The number of carbonyl (C=O) groups is 1. The summed E-state index contributed by atoms with van der Waals surface area (Å²) in [4.78, 5) is 10.3. The minimum Gasteiger partial charge on any atom is -0.307 e. The normalized spacial score (nSPS) is 47.8. The van der Waals surface area contributed by atoms with Gasteiger partial charge in [0.1, 0.15) is 6.29 Å². The van der Waals surface area contributed by atoms with Crippen molar-refractivity contribution >= 4 is 6.29 Å². The molecule has 1 aliphatic carbocycles. The van der Waals surface area contributed by atoms with E-state index in [4.69, 9.17) is 0 Å². The van der Waals surface area contributed by atoms with E-state index in [1.807, 2.05) is 0 Å². The van der Waals surface area contributed by atoms with Crippen LogP contribution < -0.4 is 5.32 Å². The van der Waals surface area contributed by atoms with Gasteiger partial charge in [0.25, 0.3) is 0 Å². The van der Waals surface area contributed by atoms with E-state index in [-0.39, 0.29) is 6.04 Å². The molecule has 0 radical (unpaired) electrons. The molecule has 50 valence electrons. The molecule has 2 nitrogen and oxygen atoms in total. The van der Waals surface area contributed by atoms with E-state index in [1.165, 1.54) is 12.8 Å². The average molecular weight is 125 g/mol. The highest BCUT2D eigenvalue weighted by molar-refractivity contribution is 5.59. The molecule has 9 heavy (non-hydrogen) atoms. The Morgan fingerprint density at radius 2 is 2.22 bits per heavy atom. The van der Waals surface area contributed by atoms with Crippen LogP contribution in [0.15, 0.2) is 0 Å². The van der Waals surface area contributed by atoms with Crippen LogP contribution in [-0.2, 0) is 4.79 Å². The first-order valence-corrected chi connectivity index (χ1v) is 3.59. The fourth-order valence-electron chi connectivity index (χ4n) is 1.88. The predicted molar refractivity (Wildman–Crippen MR) is 34.1 cm³/mol. The molecule has 3 aliphatic rings. The Balaban J connectivity index is 2.01. The summed E-state index contributed by atoms with van der Waals surface area (Å²) in [6.07, 6.45) is 3.63. The van der Waals surface area contributed by atoms with Crippen LogP contribution in [0.5, 0.6) is 0 Å². The number of rotatable bonds is 1. The fourth-order valence-corrected chi connectivity index (χ4v) is 1.88. The molecular weight excluding hydrogens is 114 g/mol. The van der Waals surface area contributed by atoms with Crippen LogP contribution >= 0.6 is 0 Å². The number of hydrogen-bond donors (Lipinski definition) is 1. The minimum atomic E-state index is 0.190. The zero-order chi connectivity index (χ0) is 6.27. The van der Waals surface area contributed by atoms with Crippen molar-refractivity contribution in [2.24, 2.45) is 11.8 Å². The Hall–Kier alpha value is -0.370. The molecule has 2 heterocycles. The Morgan fingerprint density at radius 3 is 2.56 bits per heavy atom. The maximum Gasteiger partial charge on any atom is 0.137 e. The SMILES string of the molecule is O=C[C@H]1NCC2CC1C2. The Bertz CT molecular complexity index is 126. The van der Waals surface area contributed by atoms with Crippen LogP contribution in [0.2, 0.25) is 0 Å².